The van der Waals surface area contributed by atoms with Crippen LogP contribution in [0, 0.1) is 0 Å². The number of carbonyl (C=O) groups is 1. The van der Waals surface area contributed by atoms with Crippen molar-refractivity contribution in [3.05, 3.63) is 48.3 Å². The second-order valence-corrected chi connectivity index (χ2v) is 6.82. The van der Waals surface area contributed by atoms with Crippen LogP contribution in [0.25, 0.3) is 0 Å². The molecule has 0 fully saturated rings. The molecule has 3 rings (SSSR count). The fraction of sp³-hybridized carbons (Fsp3) is 0.200. The summed E-state index contributed by atoms with van der Waals surface area (Å²) in [5.41, 5.74) is 1.24. The Hall–Kier alpha value is -2.45. The molecule has 0 saturated carbocycles. The van der Waals surface area contributed by atoms with E-state index in [4.69, 9.17) is 4.74 Å². The molecular weight excluding hydrogens is 318 g/mol. The van der Waals surface area contributed by atoms with Crippen molar-refractivity contribution in [1.82, 2.24) is 9.71 Å². The van der Waals surface area contributed by atoms with Crippen molar-refractivity contribution < 1.29 is 17.9 Å². The number of benzene rings is 1. The first-order chi connectivity index (χ1) is 11.0. The number of anilines is 1. The van der Waals surface area contributed by atoms with Crippen molar-refractivity contribution in [3.63, 3.8) is 0 Å². The number of sulfonamides is 1. The lowest BCUT2D eigenvalue weighted by atomic mass is 10.2. The maximum absolute atomic E-state index is 12.4. The van der Waals surface area contributed by atoms with Gasteiger partial charge in [-0.25, -0.2) is 13.1 Å². The van der Waals surface area contributed by atoms with Gasteiger partial charge in [0.15, 0.2) is 6.61 Å². The summed E-state index contributed by atoms with van der Waals surface area (Å²) in [5.74, 6) is 0.261. The number of carbonyl (C=O) groups excluding carboxylic acids is 1. The van der Waals surface area contributed by atoms with Gasteiger partial charge in [0, 0.05) is 26.0 Å². The number of fused-ring (bicyclic) bond motifs is 1. The van der Waals surface area contributed by atoms with Crippen LogP contribution in [0.3, 0.4) is 0 Å². The molecule has 0 radical (unpaired) electrons. The van der Waals surface area contributed by atoms with E-state index in [0.717, 1.165) is 5.56 Å². The summed E-state index contributed by atoms with van der Waals surface area (Å²) in [5, 5.41) is 0. The van der Waals surface area contributed by atoms with E-state index >= 15 is 0 Å². The minimum atomic E-state index is -3.70. The van der Waals surface area contributed by atoms with Crippen molar-refractivity contribution in [2.45, 2.75) is 11.4 Å². The van der Waals surface area contributed by atoms with Crippen molar-refractivity contribution in [2.75, 3.05) is 18.6 Å². The van der Waals surface area contributed by atoms with E-state index in [1.54, 1.807) is 37.6 Å². The van der Waals surface area contributed by atoms with Crippen LogP contribution in [0.15, 0.2) is 47.6 Å². The van der Waals surface area contributed by atoms with Crippen molar-refractivity contribution in [2.24, 2.45) is 0 Å². The maximum atomic E-state index is 12.4. The second-order valence-electron chi connectivity index (χ2n) is 5.05. The summed E-state index contributed by atoms with van der Waals surface area (Å²) in [6.45, 7) is 0.114. The standard InChI is InChI=1S/C15H15N3O4S/c1-18-13-8-12(2-3-14(13)22-10-15(18)19)23(20,21)17-9-11-4-6-16-7-5-11/h2-8,17H,9-10H2,1H3. The molecule has 0 saturated heterocycles. The third-order valence-electron chi connectivity index (χ3n) is 3.54. The van der Waals surface area contributed by atoms with Gasteiger partial charge in [-0.1, -0.05) is 0 Å². The first kappa shape index (κ1) is 15.4. The fourth-order valence-electron chi connectivity index (χ4n) is 2.18. The van der Waals surface area contributed by atoms with Gasteiger partial charge in [-0.3, -0.25) is 9.78 Å². The van der Waals surface area contributed by atoms with E-state index in [0.29, 0.717) is 11.4 Å². The average molecular weight is 333 g/mol. The number of aromatic nitrogens is 1. The van der Waals surface area contributed by atoms with Gasteiger partial charge in [-0.05, 0) is 35.9 Å². The van der Waals surface area contributed by atoms with E-state index in [-0.39, 0.29) is 24.0 Å². The number of nitrogens with one attached hydrogen (secondary N) is 1. The topological polar surface area (TPSA) is 88.6 Å². The van der Waals surface area contributed by atoms with Gasteiger partial charge in [-0.15, -0.1) is 0 Å². The highest BCUT2D eigenvalue weighted by molar-refractivity contribution is 7.89. The molecule has 1 amide bonds. The molecule has 1 aliphatic heterocycles. The van der Waals surface area contributed by atoms with Crippen molar-refractivity contribution in [1.29, 1.82) is 0 Å². The number of ether oxygens (including phenoxy) is 1. The number of amides is 1. The van der Waals surface area contributed by atoms with Crippen LogP contribution in [0.1, 0.15) is 5.56 Å². The van der Waals surface area contributed by atoms with Gasteiger partial charge >= 0.3 is 0 Å². The summed E-state index contributed by atoms with van der Waals surface area (Å²) in [6.07, 6.45) is 3.20. The number of pyridine rings is 1. The molecule has 2 heterocycles. The molecule has 0 aliphatic carbocycles. The van der Waals surface area contributed by atoms with Crippen LogP contribution < -0.4 is 14.4 Å². The van der Waals surface area contributed by atoms with E-state index < -0.39 is 10.0 Å². The Bertz CT molecular complexity index is 837. The molecule has 120 valence electrons. The molecule has 0 spiro atoms. The molecule has 1 aromatic carbocycles. The highest BCUT2D eigenvalue weighted by Crippen LogP contribution is 2.33. The summed E-state index contributed by atoms with van der Waals surface area (Å²) < 4.78 is 32.6. The predicted octanol–water partition coefficient (Wildman–Crippen LogP) is 0.915. The van der Waals surface area contributed by atoms with Gasteiger partial charge in [0.05, 0.1) is 10.6 Å². The van der Waals surface area contributed by atoms with Gasteiger partial charge in [-0.2, -0.15) is 0 Å². The van der Waals surface area contributed by atoms with E-state index in [1.807, 2.05) is 0 Å². The summed E-state index contributed by atoms with van der Waals surface area (Å²) >= 11 is 0. The highest BCUT2D eigenvalue weighted by Gasteiger charge is 2.25. The largest absolute Gasteiger partial charge is 0.482 e. The van der Waals surface area contributed by atoms with E-state index in [2.05, 4.69) is 9.71 Å². The number of hydrogen-bond donors (Lipinski definition) is 1. The molecule has 0 atom stereocenters. The first-order valence-electron chi connectivity index (χ1n) is 6.89. The van der Waals surface area contributed by atoms with Crippen molar-refractivity contribution in [3.8, 4) is 5.75 Å². The van der Waals surface area contributed by atoms with Gasteiger partial charge < -0.3 is 9.64 Å². The molecule has 0 bridgehead atoms. The van der Waals surface area contributed by atoms with Crippen molar-refractivity contribution >= 4 is 21.6 Å². The van der Waals surface area contributed by atoms with Gasteiger partial charge in [0.25, 0.3) is 5.91 Å². The van der Waals surface area contributed by atoms with Crippen LogP contribution >= 0.6 is 0 Å². The lowest BCUT2D eigenvalue weighted by Crippen LogP contribution is -2.35. The Balaban J connectivity index is 1.84. The zero-order chi connectivity index (χ0) is 16.4. The molecule has 2 aromatic rings. The quantitative estimate of drug-likeness (QED) is 0.899. The normalized spacial score (nSPS) is 14.3. The Morgan fingerprint density at radius 3 is 2.74 bits per heavy atom. The SMILES string of the molecule is CN1C(=O)COc2ccc(S(=O)(=O)NCc3ccncc3)cc21. The smallest absolute Gasteiger partial charge is 0.264 e. The average Bonchev–Trinajstić information content (AvgIpc) is 2.57. The molecule has 1 N–H and O–H groups in total. The number of rotatable bonds is 4. The Morgan fingerprint density at radius 2 is 2.00 bits per heavy atom. The van der Waals surface area contributed by atoms with Gasteiger partial charge in [0.1, 0.15) is 5.75 Å². The minimum absolute atomic E-state index is 0.0457. The minimum Gasteiger partial charge on any atom is -0.482 e. The Labute approximate surface area is 134 Å². The van der Waals surface area contributed by atoms with Crippen LogP contribution in [-0.4, -0.2) is 33.0 Å². The lowest BCUT2D eigenvalue weighted by Gasteiger charge is -2.26. The molecule has 23 heavy (non-hydrogen) atoms. The third kappa shape index (κ3) is 3.17. The summed E-state index contributed by atoms with van der Waals surface area (Å²) in [4.78, 5) is 17.0. The van der Waals surface area contributed by atoms with Crippen LogP contribution in [0.2, 0.25) is 0 Å². The molecule has 1 aliphatic rings. The molecule has 1 aromatic heterocycles. The van der Waals surface area contributed by atoms with Gasteiger partial charge in [0.2, 0.25) is 10.0 Å². The van der Waals surface area contributed by atoms with E-state index in [9.17, 15) is 13.2 Å². The molecule has 7 nitrogen and oxygen atoms in total. The molecule has 8 heteroatoms. The second kappa shape index (κ2) is 5.98. The van der Waals surface area contributed by atoms with Crippen LogP contribution in [-0.2, 0) is 21.4 Å². The molecule has 0 unspecified atom stereocenters. The summed E-state index contributed by atoms with van der Waals surface area (Å²) in [6, 6.07) is 7.91. The predicted molar refractivity (Wildman–Crippen MR) is 83.6 cm³/mol. The fourth-order valence-corrected chi connectivity index (χ4v) is 3.22. The van der Waals surface area contributed by atoms with E-state index in [1.165, 1.54) is 17.0 Å². The monoisotopic (exact) mass is 333 g/mol. The zero-order valence-corrected chi connectivity index (χ0v) is 13.2. The number of nitrogens with zero attached hydrogens (tertiary/aromatic N) is 2. The highest BCUT2D eigenvalue weighted by atomic mass is 32.2. The summed E-state index contributed by atoms with van der Waals surface area (Å²) in [7, 11) is -2.11. The van der Waals surface area contributed by atoms with Crippen LogP contribution in [0.4, 0.5) is 5.69 Å². The Morgan fingerprint density at radius 1 is 1.26 bits per heavy atom. The Kier molecular flexibility index (Phi) is 4.01. The zero-order valence-electron chi connectivity index (χ0n) is 12.4. The maximum Gasteiger partial charge on any atom is 0.264 e. The molecular formula is C15H15N3O4S. The number of likely N-dealkylation sites (N-methyl/N-ethyl adjacent to an activating group) is 1. The third-order valence-corrected chi connectivity index (χ3v) is 4.94. The van der Waals surface area contributed by atoms with Crippen LogP contribution in [0.5, 0.6) is 5.75 Å². The first-order valence-corrected chi connectivity index (χ1v) is 8.38. The lowest BCUT2D eigenvalue weighted by molar-refractivity contribution is -0.120. The number of hydrogen-bond acceptors (Lipinski definition) is 5.